The molecule has 0 spiro atoms. The molecule has 1 atom stereocenters. The van der Waals surface area contributed by atoms with Gasteiger partial charge in [-0.05, 0) is 38.8 Å². The lowest BCUT2D eigenvalue weighted by Crippen LogP contribution is -2.32. The van der Waals surface area contributed by atoms with Crippen LogP contribution in [0.15, 0.2) is 24.3 Å². The van der Waals surface area contributed by atoms with E-state index >= 15 is 0 Å². The van der Waals surface area contributed by atoms with Crippen LogP contribution in [0, 0.1) is 6.92 Å². The maximum Gasteiger partial charge on any atom is 0.251 e. The van der Waals surface area contributed by atoms with Crippen LogP contribution in [0.2, 0.25) is 0 Å². The lowest BCUT2D eigenvalue weighted by molar-refractivity contribution is 0.0938. The van der Waals surface area contributed by atoms with Gasteiger partial charge < -0.3 is 5.32 Å². The van der Waals surface area contributed by atoms with Crippen LogP contribution < -0.4 is 5.32 Å². The molecule has 1 aromatic carbocycles. The van der Waals surface area contributed by atoms with E-state index in [0.29, 0.717) is 5.88 Å². The molecule has 2 nitrogen and oxygen atoms in total. The predicted molar refractivity (Wildman–Crippen MR) is 68.1 cm³/mol. The van der Waals surface area contributed by atoms with Crippen LogP contribution in [0.1, 0.15) is 35.7 Å². The lowest BCUT2D eigenvalue weighted by atomic mass is 10.1. The summed E-state index contributed by atoms with van der Waals surface area (Å²) in [5.41, 5.74) is 1.82. The van der Waals surface area contributed by atoms with E-state index in [1.807, 2.05) is 38.1 Å². The first-order chi connectivity index (χ1) is 7.63. The third-order valence-electron chi connectivity index (χ3n) is 2.43. The van der Waals surface area contributed by atoms with Gasteiger partial charge in [-0.15, -0.1) is 11.6 Å². The number of amides is 1. The molecular weight excluding hydrogens is 222 g/mol. The van der Waals surface area contributed by atoms with Gasteiger partial charge in [0.1, 0.15) is 0 Å². The van der Waals surface area contributed by atoms with E-state index in [1.54, 1.807) is 0 Å². The summed E-state index contributed by atoms with van der Waals surface area (Å²) in [6.07, 6.45) is 1.85. The highest BCUT2D eigenvalue weighted by Gasteiger charge is 2.08. The fraction of sp³-hybridized carbons (Fsp3) is 0.462. The fourth-order valence-electron chi connectivity index (χ4n) is 1.55. The minimum atomic E-state index is -0.00854. The van der Waals surface area contributed by atoms with Crippen molar-refractivity contribution in [3.05, 3.63) is 35.4 Å². The predicted octanol–water partition coefficient (Wildman–Crippen LogP) is 3.13. The Hall–Kier alpha value is -1.02. The average Bonchev–Trinajstić information content (AvgIpc) is 2.26. The minimum Gasteiger partial charge on any atom is -0.350 e. The van der Waals surface area contributed by atoms with Crippen LogP contribution in [0.25, 0.3) is 0 Å². The maximum atomic E-state index is 11.8. The van der Waals surface area contributed by atoms with Crippen molar-refractivity contribution in [1.29, 1.82) is 0 Å². The Kier molecular flexibility index (Phi) is 5.33. The van der Waals surface area contributed by atoms with E-state index in [9.17, 15) is 4.79 Å². The summed E-state index contributed by atoms with van der Waals surface area (Å²) in [5, 5.41) is 2.96. The summed E-state index contributed by atoms with van der Waals surface area (Å²) in [5.74, 6) is 0.635. The van der Waals surface area contributed by atoms with Crippen LogP contribution in [0.5, 0.6) is 0 Å². The molecule has 0 aliphatic rings. The van der Waals surface area contributed by atoms with Gasteiger partial charge in [-0.25, -0.2) is 0 Å². The number of hydrogen-bond acceptors (Lipinski definition) is 1. The summed E-state index contributed by atoms with van der Waals surface area (Å²) < 4.78 is 0. The summed E-state index contributed by atoms with van der Waals surface area (Å²) in [4.78, 5) is 11.8. The number of halogens is 1. The Labute approximate surface area is 102 Å². The standard InChI is InChI=1S/C13H18ClNO/c1-10-5-3-7-12(9-10)13(16)15-11(2)6-4-8-14/h3,5,7,9,11H,4,6,8H2,1-2H3,(H,15,16). The number of alkyl halides is 1. The van der Waals surface area contributed by atoms with Crippen molar-refractivity contribution < 1.29 is 4.79 Å². The van der Waals surface area contributed by atoms with Crippen molar-refractivity contribution >= 4 is 17.5 Å². The monoisotopic (exact) mass is 239 g/mol. The van der Waals surface area contributed by atoms with Crippen molar-refractivity contribution in [3.8, 4) is 0 Å². The van der Waals surface area contributed by atoms with Crippen molar-refractivity contribution in [2.75, 3.05) is 5.88 Å². The minimum absolute atomic E-state index is 0.00854. The number of aryl methyl sites for hydroxylation is 1. The first kappa shape index (κ1) is 13.0. The number of carbonyl (C=O) groups excluding carboxylic acids is 1. The molecule has 16 heavy (non-hydrogen) atoms. The van der Waals surface area contributed by atoms with E-state index in [2.05, 4.69) is 5.32 Å². The van der Waals surface area contributed by atoms with Gasteiger partial charge in [0, 0.05) is 17.5 Å². The van der Waals surface area contributed by atoms with Crippen LogP contribution in [-0.2, 0) is 0 Å². The largest absolute Gasteiger partial charge is 0.350 e. The Bertz CT molecular complexity index is 352. The highest BCUT2D eigenvalue weighted by Crippen LogP contribution is 2.05. The van der Waals surface area contributed by atoms with Crippen molar-refractivity contribution in [3.63, 3.8) is 0 Å². The zero-order valence-corrected chi connectivity index (χ0v) is 10.6. The second-order valence-corrected chi connectivity index (χ2v) is 4.45. The van der Waals surface area contributed by atoms with E-state index in [0.717, 1.165) is 24.0 Å². The number of nitrogens with one attached hydrogen (secondary N) is 1. The van der Waals surface area contributed by atoms with Crippen LogP contribution in [0.3, 0.4) is 0 Å². The first-order valence-corrected chi connectivity index (χ1v) is 6.10. The molecule has 0 fully saturated rings. The summed E-state index contributed by atoms with van der Waals surface area (Å²) in [6, 6.07) is 7.77. The molecule has 0 saturated carbocycles. The molecule has 0 aliphatic heterocycles. The molecule has 3 heteroatoms. The number of benzene rings is 1. The Balaban J connectivity index is 2.52. The summed E-state index contributed by atoms with van der Waals surface area (Å²) in [6.45, 7) is 3.98. The molecule has 0 aliphatic carbocycles. The molecule has 0 radical (unpaired) electrons. The molecule has 1 aromatic rings. The molecule has 0 bridgehead atoms. The third kappa shape index (κ3) is 4.23. The molecule has 88 valence electrons. The fourth-order valence-corrected chi connectivity index (χ4v) is 1.70. The molecule has 0 aromatic heterocycles. The highest BCUT2D eigenvalue weighted by molar-refractivity contribution is 6.17. The molecule has 0 saturated heterocycles. The normalized spacial score (nSPS) is 12.2. The Morgan fingerprint density at radius 2 is 2.25 bits per heavy atom. The van der Waals surface area contributed by atoms with Crippen molar-refractivity contribution in [2.24, 2.45) is 0 Å². The topological polar surface area (TPSA) is 29.1 Å². The van der Waals surface area contributed by atoms with E-state index in [1.165, 1.54) is 0 Å². The SMILES string of the molecule is Cc1cccc(C(=O)NC(C)CCCCl)c1. The number of carbonyl (C=O) groups is 1. The first-order valence-electron chi connectivity index (χ1n) is 5.57. The highest BCUT2D eigenvalue weighted by atomic mass is 35.5. The van der Waals surface area contributed by atoms with Crippen molar-refractivity contribution in [1.82, 2.24) is 5.32 Å². The third-order valence-corrected chi connectivity index (χ3v) is 2.70. The van der Waals surface area contributed by atoms with Gasteiger partial charge >= 0.3 is 0 Å². The Morgan fingerprint density at radius 3 is 2.88 bits per heavy atom. The second-order valence-electron chi connectivity index (χ2n) is 4.08. The number of hydrogen-bond donors (Lipinski definition) is 1. The van der Waals surface area contributed by atoms with E-state index < -0.39 is 0 Å². The molecule has 0 heterocycles. The maximum absolute atomic E-state index is 11.8. The van der Waals surface area contributed by atoms with Gasteiger partial charge in [-0.2, -0.15) is 0 Å². The molecule has 1 rings (SSSR count). The quantitative estimate of drug-likeness (QED) is 0.786. The zero-order valence-electron chi connectivity index (χ0n) is 9.79. The smallest absolute Gasteiger partial charge is 0.251 e. The van der Waals surface area contributed by atoms with Gasteiger partial charge in [0.15, 0.2) is 0 Å². The van der Waals surface area contributed by atoms with Crippen LogP contribution >= 0.6 is 11.6 Å². The molecule has 1 amide bonds. The molecular formula is C13H18ClNO. The summed E-state index contributed by atoms with van der Waals surface area (Å²) in [7, 11) is 0. The van der Waals surface area contributed by atoms with Gasteiger partial charge in [0.25, 0.3) is 5.91 Å². The zero-order chi connectivity index (χ0) is 12.0. The van der Waals surface area contributed by atoms with Gasteiger partial charge in [0.05, 0.1) is 0 Å². The molecule has 1 N–H and O–H groups in total. The second kappa shape index (κ2) is 6.54. The molecule has 1 unspecified atom stereocenters. The average molecular weight is 240 g/mol. The lowest BCUT2D eigenvalue weighted by Gasteiger charge is -2.13. The van der Waals surface area contributed by atoms with Crippen molar-refractivity contribution in [2.45, 2.75) is 32.7 Å². The van der Waals surface area contributed by atoms with Crippen LogP contribution in [-0.4, -0.2) is 17.8 Å². The van der Waals surface area contributed by atoms with Crippen LogP contribution in [0.4, 0.5) is 0 Å². The van der Waals surface area contributed by atoms with E-state index in [4.69, 9.17) is 11.6 Å². The summed E-state index contributed by atoms with van der Waals surface area (Å²) >= 11 is 5.61. The Morgan fingerprint density at radius 1 is 1.50 bits per heavy atom. The van der Waals surface area contributed by atoms with E-state index in [-0.39, 0.29) is 11.9 Å². The van der Waals surface area contributed by atoms with Gasteiger partial charge in [-0.1, -0.05) is 17.7 Å². The number of rotatable bonds is 5. The van der Waals surface area contributed by atoms with Gasteiger partial charge in [-0.3, -0.25) is 4.79 Å². The van der Waals surface area contributed by atoms with Gasteiger partial charge in [0.2, 0.25) is 0 Å².